The van der Waals surface area contributed by atoms with Gasteiger partial charge in [-0.05, 0) is 0 Å². The fourth-order valence-corrected chi connectivity index (χ4v) is 5.66. The van der Waals surface area contributed by atoms with Crippen molar-refractivity contribution in [1.29, 1.82) is 0 Å². The molecule has 0 saturated heterocycles. The van der Waals surface area contributed by atoms with Gasteiger partial charge in [0.2, 0.25) is 0 Å². The van der Waals surface area contributed by atoms with E-state index in [1.54, 1.807) is 4.47 Å². The van der Waals surface area contributed by atoms with Gasteiger partial charge in [0.1, 0.15) is 0 Å². The van der Waals surface area contributed by atoms with Crippen LogP contribution in [-0.4, -0.2) is 23.3 Å². The molecule has 0 amide bonds. The first-order valence-corrected chi connectivity index (χ1v) is 12.3. The van der Waals surface area contributed by atoms with Gasteiger partial charge in [0.15, 0.2) is 0 Å². The van der Waals surface area contributed by atoms with Gasteiger partial charge in [0.05, 0.1) is 0 Å². The van der Waals surface area contributed by atoms with Crippen molar-refractivity contribution >= 4 is 27.7 Å². The van der Waals surface area contributed by atoms with E-state index in [0.717, 1.165) is 6.42 Å². The van der Waals surface area contributed by atoms with Crippen LogP contribution in [0.3, 0.4) is 0 Å². The maximum atomic E-state index is 6.56. The van der Waals surface area contributed by atoms with Crippen LogP contribution in [0, 0.1) is 0 Å². The van der Waals surface area contributed by atoms with E-state index >= 15 is 0 Å². The van der Waals surface area contributed by atoms with E-state index in [4.69, 9.17) is 4.43 Å². The molecule has 0 atom stereocenters. The van der Waals surface area contributed by atoms with Gasteiger partial charge in [-0.2, -0.15) is 0 Å². The average molecular weight is 353 g/mol. The van der Waals surface area contributed by atoms with Crippen molar-refractivity contribution in [1.82, 2.24) is 0 Å². The Morgan fingerprint density at radius 1 is 1.05 bits per heavy atom. The molecule has 1 nitrogen and oxygen atoms in total. The molecule has 1 aromatic carbocycles. The molecule has 110 valence electrons. The molecular weight excluding hydrogens is 327 g/mol. The van der Waals surface area contributed by atoms with Gasteiger partial charge in [0, 0.05) is 0 Å². The molecule has 1 aromatic rings. The zero-order valence-electron chi connectivity index (χ0n) is 13.1. The van der Waals surface area contributed by atoms with E-state index in [1.165, 1.54) is 29.5 Å². The third-order valence-corrected chi connectivity index (χ3v) is 10.2. The van der Waals surface area contributed by atoms with Crippen LogP contribution in [0.1, 0.15) is 39.5 Å². The van der Waals surface area contributed by atoms with Crippen LogP contribution in [0.25, 0.3) is 0 Å². The van der Waals surface area contributed by atoms with Gasteiger partial charge in [-0.15, -0.1) is 0 Å². The second kappa shape index (κ2) is 6.97. The topological polar surface area (TPSA) is 9.23 Å². The van der Waals surface area contributed by atoms with Crippen molar-refractivity contribution in [2.24, 2.45) is 0 Å². The van der Waals surface area contributed by atoms with Crippen molar-refractivity contribution in [2.45, 2.75) is 58.2 Å². The van der Waals surface area contributed by atoms with E-state index in [0.29, 0.717) is 20.5 Å². The molecule has 0 fully saturated rings. The third-order valence-electron chi connectivity index (χ3n) is 4.13. The fraction of sp³-hybridized carbons (Fsp3) is 0.529. The summed E-state index contributed by atoms with van der Waals surface area (Å²) in [6, 6.07) is 10.9. The van der Waals surface area contributed by atoms with Crippen LogP contribution in [0.2, 0.25) is 18.6 Å². The Kier molecular flexibility index (Phi) is 5.54. The Balaban J connectivity index is 2.17. The summed E-state index contributed by atoms with van der Waals surface area (Å²) in [5.41, 5.74) is 0.669. The third kappa shape index (κ3) is 4.24. The van der Waals surface area contributed by atoms with Gasteiger partial charge in [-0.3, -0.25) is 0 Å². The van der Waals surface area contributed by atoms with Gasteiger partial charge in [-0.25, -0.2) is 0 Å². The summed E-state index contributed by atoms with van der Waals surface area (Å²) in [5.74, 6) is 1.35. The van der Waals surface area contributed by atoms with Crippen LogP contribution in [-0.2, 0) is 4.43 Å². The fourth-order valence-electron chi connectivity index (χ4n) is 2.13. The van der Waals surface area contributed by atoms with Gasteiger partial charge in [-0.1, -0.05) is 0 Å². The van der Waals surface area contributed by atoms with E-state index in [9.17, 15) is 0 Å². The van der Waals surface area contributed by atoms with Crippen LogP contribution in [0.5, 0.6) is 0 Å². The minimum atomic E-state index is -1.57. The van der Waals surface area contributed by atoms with Crippen molar-refractivity contribution in [3.8, 4) is 0 Å². The summed E-state index contributed by atoms with van der Waals surface area (Å²) in [6.07, 6.45) is 5.03. The number of allylic oxidation sites excluding steroid dienone is 2. The average Bonchev–Trinajstić information content (AvgIpc) is 2.42. The number of rotatable bonds is 5. The monoisotopic (exact) mass is 354 g/mol. The molecule has 1 aliphatic carbocycles. The van der Waals surface area contributed by atoms with E-state index in [-0.39, 0.29) is 0 Å². The molecule has 0 radical (unpaired) electrons. The molecule has 0 N–H and O–H groups in total. The molecule has 2 rings (SSSR count). The van der Waals surface area contributed by atoms with Crippen molar-refractivity contribution in [3.63, 3.8) is 0 Å². The standard InChI is InChI=1S/C17H26OSeSi/c1-14(2)20(3,4)18-16-12-8-9-13-17(16)19-15-10-6-5-7-11-15/h5-7,10-11,14H,8-9,12-13H2,1-4H3. The Labute approximate surface area is 131 Å². The van der Waals surface area contributed by atoms with Crippen LogP contribution >= 0.6 is 0 Å². The van der Waals surface area contributed by atoms with Crippen LogP contribution < -0.4 is 4.46 Å². The zero-order chi connectivity index (χ0) is 14.6. The van der Waals surface area contributed by atoms with E-state index < -0.39 is 8.32 Å². The van der Waals surface area contributed by atoms with Crippen LogP contribution in [0.15, 0.2) is 40.6 Å². The summed E-state index contributed by atoms with van der Waals surface area (Å²) < 4.78 is 9.64. The summed E-state index contributed by atoms with van der Waals surface area (Å²) in [6.45, 7) is 9.31. The molecule has 1 aliphatic rings. The molecule has 0 unspecified atom stereocenters. The molecule has 0 saturated carbocycles. The molecule has 0 aliphatic heterocycles. The zero-order valence-corrected chi connectivity index (χ0v) is 15.8. The van der Waals surface area contributed by atoms with Crippen LogP contribution in [0.4, 0.5) is 0 Å². The number of hydrogen-bond donors (Lipinski definition) is 0. The Bertz CT molecular complexity index is 465. The minimum absolute atomic E-state index is 0.443. The second-order valence-electron chi connectivity index (χ2n) is 6.33. The molecule has 0 spiro atoms. The van der Waals surface area contributed by atoms with Gasteiger partial charge < -0.3 is 0 Å². The molecule has 0 bridgehead atoms. The van der Waals surface area contributed by atoms with Crippen molar-refractivity contribution in [2.75, 3.05) is 0 Å². The molecule has 3 heteroatoms. The Hall–Kier alpha value is -0.504. The van der Waals surface area contributed by atoms with E-state index in [1.807, 2.05) is 0 Å². The van der Waals surface area contributed by atoms with Gasteiger partial charge >= 0.3 is 131 Å². The molecule has 0 aromatic heterocycles. The molecular formula is C17H26OSeSi. The predicted octanol–water partition coefficient (Wildman–Crippen LogP) is 4.43. The van der Waals surface area contributed by atoms with Crippen molar-refractivity contribution < 1.29 is 4.43 Å². The summed E-state index contributed by atoms with van der Waals surface area (Å²) >= 11 is 0.443. The predicted molar refractivity (Wildman–Crippen MR) is 91.0 cm³/mol. The Morgan fingerprint density at radius 2 is 1.70 bits per heavy atom. The normalized spacial score (nSPS) is 16.6. The number of benzene rings is 1. The number of hydrogen-bond acceptors (Lipinski definition) is 1. The summed E-state index contributed by atoms with van der Waals surface area (Å²) in [7, 11) is -1.57. The SMILES string of the molecule is CC(C)[Si](C)(C)OC1=C([Se]c2ccccc2)CCCC1. The van der Waals surface area contributed by atoms with E-state index in [2.05, 4.69) is 57.3 Å². The molecule has 20 heavy (non-hydrogen) atoms. The first-order chi connectivity index (χ1) is 9.49. The second-order valence-corrected chi connectivity index (χ2v) is 13.3. The first kappa shape index (κ1) is 15.9. The first-order valence-electron chi connectivity index (χ1n) is 7.63. The maximum absolute atomic E-state index is 6.56. The van der Waals surface area contributed by atoms with Crippen molar-refractivity contribution in [3.05, 3.63) is 40.6 Å². The molecule has 0 heterocycles. The quantitative estimate of drug-likeness (QED) is 0.712. The Morgan fingerprint density at radius 3 is 2.35 bits per heavy atom. The van der Waals surface area contributed by atoms with Gasteiger partial charge in [0.25, 0.3) is 0 Å². The summed E-state index contributed by atoms with van der Waals surface area (Å²) in [5, 5.41) is 0. The summed E-state index contributed by atoms with van der Waals surface area (Å²) in [4.78, 5) is 0.